The van der Waals surface area contributed by atoms with Crippen LogP contribution in [0.5, 0.6) is 0 Å². The minimum atomic E-state index is 0.118. The lowest BCUT2D eigenvalue weighted by Gasteiger charge is -2.30. The van der Waals surface area contributed by atoms with E-state index in [9.17, 15) is 4.79 Å². The maximum atomic E-state index is 12.1. The third-order valence-corrected chi connectivity index (χ3v) is 4.31. The van der Waals surface area contributed by atoms with E-state index in [1.165, 1.54) is 0 Å². The van der Waals surface area contributed by atoms with Crippen molar-refractivity contribution in [3.8, 4) is 0 Å². The van der Waals surface area contributed by atoms with Crippen LogP contribution in [0.25, 0.3) is 0 Å². The molecule has 1 aliphatic heterocycles. The summed E-state index contributed by atoms with van der Waals surface area (Å²) in [5, 5.41) is 1.08. The van der Waals surface area contributed by atoms with E-state index in [1.54, 1.807) is 6.07 Å². The lowest BCUT2D eigenvalue weighted by atomic mass is 10.0. The molecule has 1 aliphatic rings. The Balaban J connectivity index is 1.91. The van der Waals surface area contributed by atoms with E-state index in [0.717, 1.165) is 24.9 Å². The fourth-order valence-corrected chi connectivity index (χ4v) is 2.79. The summed E-state index contributed by atoms with van der Waals surface area (Å²) in [7, 11) is 0. The summed E-state index contributed by atoms with van der Waals surface area (Å²) in [5.74, 6) is 0.145. The minimum Gasteiger partial charge on any atom is -0.341 e. The number of likely N-dealkylation sites (tertiary alicyclic amines) is 1. The molecular formula is C14H18Cl2N2O. The van der Waals surface area contributed by atoms with Gasteiger partial charge in [0.25, 0.3) is 0 Å². The van der Waals surface area contributed by atoms with Crippen LogP contribution >= 0.6 is 23.2 Å². The van der Waals surface area contributed by atoms with Crippen LogP contribution in [-0.2, 0) is 11.2 Å². The van der Waals surface area contributed by atoms with Gasteiger partial charge in [0.05, 0.1) is 10.0 Å². The molecule has 19 heavy (non-hydrogen) atoms. The van der Waals surface area contributed by atoms with Crippen LogP contribution in [0, 0.1) is 0 Å². The molecule has 0 radical (unpaired) electrons. The average molecular weight is 301 g/mol. The Hall–Kier alpha value is -0.770. The highest BCUT2D eigenvalue weighted by molar-refractivity contribution is 6.42. The van der Waals surface area contributed by atoms with Crippen LogP contribution in [0.3, 0.4) is 0 Å². The second-order valence-corrected chi connectivity index (χ2v) is 5.74. The van der Waals surface area contributed by atoms with Crippen molar-refractivity contribution < 1.29 is 4.79 Å². The first-order chi connectivity index (χ1) is 9.08. The summed E-state index contributed by atoms with van der Waals surface area (Å²) >= 11 is 12.1. The molecule has 2 N–H and O–H groups in total. The molecule has 0 aromatic heterocycles. The van der Waals surface area contributed by atoms with Crippen LogP contribution < -0.4 is 5.73 Å². The van der Waals surface area contributed by atoms with E-state index >= 15 is 0 Å². The van der Waals surface area contributed by atoms with E-state index in [-0.39, 0.29) is 11.9 Å². The Kier molecular flexibility index (Phi) is 5.08. The maximum Gasteiger partial charge on any atom is 0.222 e. The molecule has 104 valence electrons. The Labute approximate surface area is 123 Å². The number of amides is 1. The Bertz CT molecular complexity index is 465. The molecule has 5 heteroatoms. The number of carbonyl (C=O) groups excluding carboxylic acids is 1. The fourth-order valence-electron chi connectivity index (χ4n) is 2.38. The van der Waals surface area contributed by atoms with Crippen LogP contribution in [0.15, 0.2) is 18.2 Å². The number of benzene rings is 1. The highest BCUT2D eigenvalue weighted by Gasteiger charge is 2.21. The third kappa shape index (κ3) is 3.85. The van der Waals surface area contributed by atoms with Gasteiger partial charge in [0.15, 0.2) is 0 Å². The monoisotopic (exact) mass is 300 g/mol. The summed E-state index contributed by atoms with van der Waals surface area (Å²) in [6.45, 7) is 1.48. The Morgan fingerprint density at radius 2 is 2.21 bits per heavy atom. The lowest BCUT2D eigenvalue weighted by molar-refractivity contribution is -0.132. The van der Waals surface area contributed by atoms with E-state index in [1.807, 2.05) is 17.0 Å². The summed E-state index contributed by atoms with van der Waals surface area (Å²) in [5.41, 5.74) is 6.80. The van der Waals surface area contributed by atoms with Crippen LogP contribution in [0.4, 0.5) is 0 Å². The number of aryl methyl sites for hydroxylation is 1. The number of rotatable bonds is 3. The molecule has 1 aromatic rings. The molecule has 0 aliphatic carbocycles. The lowest BCUT2D eigenvalue weighted by Crippen LogP contribution is -2.45. The van der Waals surface area contributed by atoms with Gasteiger partial charge in [-0.2, -0.15) is 0 Å². The van der Waals surface area contributed by atoms with Crippen LogP contribution in [0.2, 0.25) is 10.0 Å². The SMILES string of the molecule is N[C@@H]1CCCN(C(=O)CCc2cccc(Cl)c2Cl)C1. The first kappa shape index (κ1) is 14.6. The third-order valence-electron chi connectivity index (χ3n) is 3.45. The van der Waals surface area contributed by atoms with Crippen molar-refractivity contribution in [3.63, 3.8) is 0 Å². The van der Waals surface area contributed by atoms with Gasteiger partial charge in [0.2, 0.25) is 5.91 Å². The number of piperidine rings is 1. The molecule has 0 spiro atoms. The molecule has 1 amide bonds. The molecule has 1 heterocycles. The zero-order chi connectivity index (χ0) is 13.8. The summed E-state index contributed by atoms with van der Waals surface area (Å²) in [6, 6.07) is 5.63. The van der Waals surface area contributed by atoms with Gasteiger partial charge in [-0.25, -0.2) is 0 Å². The average Bonchev–Trinajstić information content (AvgIpc) is 2.40. The number of halogens is 2. The summed E-state index contributed by atoms with van der Waals surface area (Å²) in [6.07, 6.45) is 3.06. The van der Waals surface area contributed by atoms with Crippen molar-refractivity contribution in [3.05, 3.63) is 33.8 Å². The van der Waals surface area contributed by atoms with Gasteiger partial charge in [0, 0.05) is 25.6 Å². The van der Waals surface area contributed by atoms with Gasteiger partial charge < -0.3 is 10.6 Å². The van der Waals surface area contributed by atoms with E-state index < -0.39 is 0 Å². The first-order valence-electron chi connectivity index (χ1n) is 6.54. The van der Waals surface area contributed by atoms with E-state index in [2.05, 4.69) is 0 Å². The number of hydrogen-bond donors (Lipinski definition) is 1. The van der Waals surface area contributed by atoms with Crippen molar-refractivity contribution >= 4 is 29.1 Å². The van der Waals surface area contributed by atoms with Crippen LogP contribution in [0.1, 0.15) is 24.8 Å². The zero-order valence-electron chi connectivity index (χ0n) is 10.7. The van der Waals surface area contributed by atoms with Gasteiger partial charge in [-0.15, -0.1) is 0 Å². The maximum absolute atomic E-state index is 12.1. The molecule has 1 fully saturated rings. The Morgan fingerprint density at radius 1 is 1.42 bits per heavy atom. The highest BCUT2D eigenvalue weighted by Crippen LogP contribution is 2.26. The zero-order valence-corrected chi connectivity index (χ0v) is 12.3. The largest absolute Gasteiger partial charge is 0.341 e. The second-order valence-electron chi connectivity index (χ2n) is 4.96. The standard InChI is InChI=1S/C14H18Cl2N2O/c15-12-5-1-3-10(14(12)16)6-7-13(19)18-8-2-4-11(17)9-18/h1,3,5,11H,2,4,6-9,17H2/t11-/m1/s1. The van der Waals surface area contributed by atoms with Crippen LogP contribution in [-0.4, -0.2) is 29.9 Å². The van der Waals surface area contributed by atoms with Gasteiger partial charge >= 0.3 is 0 Å². The molecular weight excluding hydrogens is 283 g/mol. The smallest absolute Gasteiger partial charge is 0.222 e. The van der Waals surface area contributed by atoms with Crippen molar-refractivity contribution in [2.75, 3.05) is 13.1 Å². The van der Waals surface area contributed by atoms with Gasteiger partial charge in [-0.1, -0.05) is 35.3 Å². The fraction of sp³-hybridized carbons (Fsp3) is 0.500. The molecule has 3 nitrogen and oxygen atoms in total. The summed E-state index contributed by atoms with van der Waals surface area (Å²) < 4.78 is 0. The quantitative estimate of drug-likeness (QED) is 0.933. The van der Waals surface area contributed by atoms with Crippen molar-refractivity contribution in [2.24, 2.45) is 5.73 Å². The summed E-state index contributed by atoms with van der Waals surface area (Å²) in [4.78, 5) is 14.0. The van der Waals surface area contributed by atoms with Gasteiger partial charge in [0.1, 0.15) is 0 Å². The van der Waals surface area contributed by atoms with Crippen molar-refractivity contribution in [1.29, 1.82) is 0 Å². The van der Waals surface area contributed by atoms with Crippen molar-refractivity contribution in [1.82, 2.24) is 4.90 Å². The molecule has 1 atom stereocenters. The van der Waals surface area contributed by atoms with Gasteiger partial charge in [-0.3, -0.25) is 4.79 Å². The van der Waals surface area contributed by atoms with Gasteiger partial charge in [-0.05, 0) is 30.9 Å². The predicted molar refractivity (Wildman–Crippen MR) is 78.6 cm³/mol. The number of hydrogen-bond acceptors (Lipinski definition) is 2. The molecule has 0 saturated carbocycles. The number of nitrogens with zero attached hydrogens (tertiary/aromatic N) is 1. The topological polar surface area (TPSA) is 46.3 Å². The van der Waals surface area contributed by atoms with E-state index in [0.29, 0.717) is 29.4 Å². The predicted octanol–water partition coefficient (Wildman–Crippen LogP) is 2.88. The molecule has 0 unspecified atom stereocenters. The number of nitrogens with two attached hydrogens (primary N) is 1. The van der Waals surface area contributed by atoms with Crippen molar-refractivity contribution in [2.45, 2.75) is 31.7 Å². The molecule has 1 saturated heterocycles. The molecule has 1 aromatic carbocycles. The minimum absolute atomic E-state index is 0.118. The second kappa shape index (κ2) is 6.60. The molecule has 0 bridgehead atoms. The Morgan fingerprint density at radius 3 is 2.95 bits per heavy atom. The number of carbonyl (C=O) groups is 1. The highest BCUT2D eigenvalue weighted by atomic mass is 35.5. The first-order valence-corrected chi connectivity index (χ1v) is 7.30. The molecule has 2 rings (SSSR count). The van der Waals surface area contributed by atoms with E-state index in [4.69, 9.17) is 28.9 Å². The normalized spacial score (nSPS) is 19.5.